The van der Waals surface area contributed by atoms with E-state index in [2.05, 4.69) is 6.92 Å². The van der Waals surface area contributed by atoms with Gasteiger partial charge in [-0.15, -0.1) is 23.5 Å². The van der Waals surface area contributed by atoms with Crippen LogP contribution in [0, 0.1) is 0 Å². The molecule has 0 aromatic rings. The molecule has 1 aliphatic heterocycles. The van der Waals surface area contributed by atoms with Crippen LogP contribution in [0.4, 0.5) is 0 Å². The third-order valence-electron chi connectivity index (χ3n) is 3.31. The number of hydrogen-bond acceptors (Lipinski definition) is 5. The highest BCUT2D eigenvalue weighted by Crippen LogP contribution is 2.72. The molecule has 0 unspecified atom stereocenters. The zero-order valence-electron chi connectivity index (χ0n) is 13.1. The Balaban J connectivity index is 2.80. The van der Waals surface area contributed by atoms with Gasteiger partial charge in [0.15, 0.2) is 3.82 Å². The maximum Gasteiger partial charge on any atom is 0.356 e. The van der Waals surface area contributed by atoms with E-state index in [1.165, 1.54) is 25.7 Å². The summed E-state index contributed by atoms with van der Waals surface area (Å²) in [5.41, 5.74) is 0. The van der Waals surface area contributed by atoms with Crippen molar-refractivity contribution in [2.45, 2.75) is 63.1 Å². The summed E-state index contributed by atoms with van der Waals surface area (Å²) in [6, 6.07) is 0. The molecule has 0 amide bonds. The van der Waals surface area contributed by atoms with Crippen molar-refractivity contribution in [3.8, 4) is 0 Å². The summed E-state index contributed by atoms with van der Waals surface area (Å²) in [4.78, 5) is 0. The van der Waals surface area contributed by atoms with Crippen LogP contribution in [0.5, 0.6) is 0 Å². The van der Waals surface area contributed by atoms with E-state index >= 15 is 0 Å². The Labute approximate surface area is 132 Å². The first-order valence-corrected chi connectivity index (χ1v) is 11.3. The predicted octanol–water partition coefficient (Wildman–Crippen LogP) is 5.75. The molecule has 0 N–H and O–H groups in total. The Morgan fingerprint density at radius 2 is 1.60 bits per heavy atom. The van der Waals surface area contributed by atoms with Crippen LogP contribution >= 0.6 is 31.1 Å². The van der Waals surface area contributed by atoms with Crippen molar-refractivity contribution >= 4 is 31.1 Å². The minimum Gasteiger partial charge on any atom is -0.307 e. The summed E-state index contributed by atoms with van der Waals surface area (Å²) >= 11 is 3.61. The predicted molar refractivity (Wildman–Crippen MR) is 91.9 cm³/mol. The third-order valence-corrected chi connectivity index (χ3v) is 10.7. The van der Waals surface area contributed by atoms with Gasteiger partial charge in [0, 0.05) is 0 Å². The summed E-state index contributed by atoms with van der Waals surface area (Å²) in [5, 5.41) is 0. The molecule has 0 spiro atoms. The average Bonchev–Trinajstić information content (AvgIpc) is 2.45. The molecule has 0 bridgehead atoms. The quantitative estimate of drug-likeness (QED) is 0.374. The summed E-state index contributed by atoms with van der Waals surface area (Å²) in [7, 11) is -3.05. The molecular formula is C14H29O3PS2. The SMILES string of the molecule is CCCCCCC1(P(=O)(OCC)OCC)SCCCS1. The highest BCUT2D eigenvalue weighted by Gasteiger charge is 2.52. The summed E-state index contributed by atoms with van der Waals surface area (Å²) in [6.45, 7) is 6.92. The van der Waals surface area contributed by atoms with Gasteiger partial charge < -0.3 is 9.05 Å². The van der Waals surface area contributed by atoms with Gasteiger partial charge in [0.2, 0.25) is 0 Å². The summed E-state index contributed by atoms with van der Waals surface area (Å²) < 4.78 is 24.2. The Morgan fingerprint density at radius 1 is 1.00 bits per heavy atom. The molecule has 1 heterocycles. The van der Waals surface area contributed by atoms with Crippen molar-refractivity contribution in [3.63, 3.8) is 0 Å². The number of thioether (sulfide) groups is 2. The molecule has 0 radical (unpaired) electrons. The van der Waals surface area contributed by atoms with Crippen LogP contribution in [-0.2, 0) is 13.6 Å². The van der Waals surface area contributed by atoms with E-state index in [0.29, 0.717) is 13.2 Å². The number of hydrogen-bond donors (Lipinski definition) is 0. The van der Waals surface area contributed by atoms with E-state index in [1.807, 2.05) is 13.8 Å². The number of rotatable bonds is 10. The van der Waals surface area contributed by atoms with Gasteiger partial charge in [0.1, 0.15) is 0 Å². The van der Waals surface area contributed by atoms with Gasteiger partial charge >= 0.3 is 7.60 Å². The van der Waals surface area contributed by atoms with Crippen LogP contribution in [0.3, 0.4) is 0 Å². The van der Waals surface area contributed by atoms with Crippen LogP contribution in [-0.4, -0.2) is 28.5 Å². The van der Waals surface area contributed by atoms with E-state index in [4.69, 9.17) is 9.05 Å². The molecule has 3 nitrogen and oxygen atoms in total. The monoisotopic (exact) mass is 340 g/mol. The summed E-state index contributed by atoms with van der Waals surface area (Å²) in [5.74, 6) is 2.12. The molecule has 0 aromatic carbocycles. The molecule has 0 aliphatic carbocycles. The van der Waals surface area contributed by atoms with E-state index in [-0.39, 0.29) is 3.82 Å². The molecule has 1 rings (SSSR count). The van der Waals surface area contributed by atoms with Gasteiger partial charge in [-0.05, 0) is 38.2 Å². The third kappa shape index (κ3) is 4.95. The van der Waals surface area contributed by atoms with Crippen LogP contribution in [0.15, 0.2) is 0 Å². The van der Waals surface area contributed by atoms with Crippen molar-refractivity contribution in [2.75, 3.05) is 24.7 Å². The van der Waals surface area contributed by atoms with Crippen LogP contribution in [0.25, 0.3) is 0 Å². The van der Waals surface area contributed by atoms with Gasteiger partial charge in [-0.2, -0.15) is 0 Å². The van der Waals surface area contributed by atoms with Crippen molar-refractivity contribution < 1.29 is 13.6 Å². The summed E-state index contributed by atoms with van der Waals surface area (Å²) in [6.07, 6.45) is 6.90. The first kappa shape index (κ1) is 18.9. The minimum absolute atomic E-state index is 0.370. The van der Waals surface area contributed by atoms with Gasteiger partial charge in [-0.1, -0.05) is 32.6 Å². The molecule has 0 saturated carbocycles. The maximum atomic E-state index is 13.3. The molecule has 1 saturated heterocycles. The molecule has 6 heteroatoms. The lowest BCUT2D eigenvalue weighted by molar-refractivity contribution is 0.214. The number of unbranched alkanes of at least 4 members (excludes halogenated alkanes) is 3. The lowest BCUT2D eigenvalue weighted by Crippen LogP contribution is -2.28. The van der Waals surface area contributed by atoms with E-state index in [0.717, 1.165) is 24.3 Å². The maximum absolute atomic E-state index is 13.3. The Hall–Kier alpha value is 0.850. The molecule has 0 aromatic heterocycles. The largest absolute Gasteiger partial charge is 0.356 e. The average molecular weight is 340 g/mol. The first-order valence-electron chi connectivity index (χ1n) is 7.81. The van der Waals surface area contributed by atoms with Gasteiger partial charge in [-0.3, -0.25) is 4.57 Å². The second-order valence-electron chi connectivity index (χ2n) is 4.91. The topological polar surface area (TPSA) is 35.5 Å². The van der Waals surface area contributed by atoms with Crippen molar-refractivity contribution in [1.82, 2.24) is 0 Å². The molecule has 1 aliphatic rings. The zero-order chi connectivity index (χ0) is 14.9. The van der Waals surface area contributed by atoms with Gasteiger partial charge in [0.05, 0.1) is 13.2 Å². The minimum atomic E-state index is -3.05. The van der Waals surface area contributed by atoms with Crippen LogP contribution < -0.4 is 0 Å². The molecular weight excluding hydrogens is 311 g/mol. The zero-order valence-corrected chi connectivity index (χ0v) is 15.6. The van der Waals surface area contributed by atoms with Crippen molar-refractivity contribution in [3.05, 3.63) is 0 Å². The van der Waals surface area contributed by atoms with E-state index < -0.39 is 7.60 Å². The van der Waals surface area contributed by atoms with Crippen molar-refractivity contribution in [1.29, 1.82) is 0 Å². The lowest BCUT2D eigenvalue weighted by Gasteiger charge is -2.40. The molecule has 1 fully saturated rings. The highest BCUT2D eigenvalue weighted by atomic mass is 32.2. The van der Waals surface area contributed by atoms with Crippen molar-refractivity contribution in [2.24, 2.45) is 0 Å². The lowest BCUT2D eigenvalue weighted by atomic mass is 10.2. The Bertz CT molecular complexity index is 297. The fourth-order valence-electron chi connectivity index (χ4n) is 2.35. The van der Waals surface area contributed by atoms with E-state index in [9.17, 15) is 4.57 Å². The molecule has 120 valence electrons. The molecule has 0 atom stereocenters. The normalized spacial score (nSPS) is 19.1. The highest BCUT2D eigenvalue weighted by molar-refractivity contribution is 8.25. The van der Waals surface area contributed by atoms with Gasteiger partial charge in [0.25, 0.3) is 0 Å². The van der Waals surface area contributed by atoms with Crippen LogP contribution in [0.2, 0.25) is 0 Å². The Kier molecular flexibility index (Phi) is 9.24. The van der Waals surface area contributed by atoms with E-state index in [1.54, 1.807) is 23.5 Å². The second kappa shape index (κ2) is 9.78. The molecule has 20 heavy (non-hydrogen) atoms. The van der Waals surface area contributed by atoms with Crippen LogP contribution in [0.1, 0.15) is 59.3 Å². The smallest absolute Gasteiger partial charge is 0.307 e. The first-order chi connectivity index (χ1) is 9.64. The fraction of sp³-hybridized carbons (Fsp3) is 1.00. The standard InChI is InChI=1S/C14H29O3PS2/c1-4-7-8-9-11-14(19-12-10-13-20-14)18(15,16-5-2)17-6-3/h4-13H2,1-3H3. The second-order valence-corrected chi connectivity index (χ2v) is 10.8. The van der Waals surface area contributed by atoms with Gasteiger partial charge in [-0.25, -0.2) is 0 Å². The fourth-order valence-corrected chi connectivity index (χ4v) is 9.19. The Morgan fingerprint density at radius 3 is 2.10 bits per heavy atom.